The van der Waals surface area contributed by atoms with Crippen molar-refractivity contribution in [1.29, 1.82) is 0 Å². The maximum Gasteiger partial charge on any atom is 0.327 e. The minimum Gasteiger partial charge on any atom is -0.440 e. The molecule has 4 nitrogen and oxygen atoms in total. The molecule has 1 amide bonds. The summed E-state index contributed by atoms with van der Waals surface area (Å²) in [5.74, 6) is -0.208. The number of cyclic esters (lactones) is 1. The van der Waals surface area contributed by atoms with Gasteiger partial charge >= 0.3 is 5.97 Å². The van der Waals surface area contributed by atoms with Crippen LogP contribution < -0.4 is 0 Å². The quantitative estimate of drug-likeness (QED) is 0.271. The highest BCUT2D eigenvalue weighted by Crippen LogP contribution is 2.19. The van der Waals surface area contributed by atoms with Crippen LogP contribution in [0.25, 0.3) is 0 Å². The second-order valence-electron chi connectivity index (χ2n) is 6.67. The molecule has 4 heteroatoms. The van der Waals surface area contributed by atoms with Crippen molar-refractivity contribution in [3.05, 3.63) is 12.2 Å². The average Bonchev–Trinajstić information content (AvgIpc) is 2.94. The summed E-state index contributed by atoms with van der Waals surface area (Å²) in [6.07, 6.45) is 16.5. The zero-order valence-corrected chi connectivity index (χ0v) is 15.6. The van der Waals surface area contributed by atoms with Gasteiger partial charge in [-0.1, -0.05) is 64.5 Å². The van der Waals surface area contributed by atoms with Crippen molar-refractivity contribution in [2.45, 2.75) is 97.1 Å². The third-order valence-corrected chi connectivity index (χ3v) is 4.45. The molecule has 1 unspecified atom stereocenters. The summed E-state index contributed by atoms with van der Waals surface area (Å²) in [6.45, 7) is 4.51. The molecule has 0 saturated carbocycles. The predicted molar refractivity (Wildman–Crippen MR) is 97.5 cm³/mol. The largest absolute Gasteiger partial charge is 0.440 e. The van der Waals surface area contributed by atoms with Crippen molar-refractivity contribution in [2.24, 2.45) is 0 Å². The SMILES string of the molecule is CCCCC/C=C/CCC1OC(=O)CN1C(=O)CCCCCCC. The van der Waals surface area contributed by atoms with Crippen molar-refractivity contribution in [3.8, 4) is 0 Å². The van der Waals surface area contributed by atoms with Crippen LogP contribution in [0.5, 0.6) is 0 Å². The lowest BCUT2D eigenvalue weighted by Gasteiger charge is -2.21. The molecule has 0 aliphatic carbocycles. The van der Waals surface area contributed by atoms with Crippen LogP contribution in [-0.4, -0.2) is 29.5 Å². The van der Waals surface area contributed by atoms with Crippen molar-refractivity contribution in [2.75, 3.05) is 6.54 Å². The van der Waals surface area contributed by atoms with E-state index < -0.39 is 0 Å². The monoisotopic (exact) mass is 337 g/mol. The Morgan fingerprint density at radius 3 is 2.46 bits per heavy atom. The number of amides is 1. The third-order valence-electron chi connectivity index (χ3n) is 4.45. The zero-order valence-electron chi connectivity index (χ0n) is 15.6. The molecular weight excluding hydrogens is 302 g/mol. The van der Waals surface area contributed by atoms with E-state index in [1.165, 1.54) is 38.5 Å². The first-order chi connectivity index (χ1) is 11.7. The Hall–Kier alpha value is -1.32. The van der Waals surface area contributed by atoms with Gasteiger partial charge in [0, 0.05) is 12.8 Å². The van der Waals surface area contributed by atoms with Crippen LogP contribution in [-0.2, 0) is 14.3 Å². The van der Waals surface area contributed by atoms with Crippen molar-refractivity contribution in [3.63, 3.8) is 0 Å². The second kappa shape index (κ2) is 13.0. The number of rotatable bonds is 13. The number of unbranched alkanes of at least 4 members (excludes halogenated alkanes) is 7. The van der Waals surface area contributed by atoms with Gasteiger partial charge in [-0.25, -0.2) is 0 Å². The molecule has 1 heterocycles. The lowest BCUT2D eigenvalue weighted by molar-refractivity contribution is -0.143. The Kier molecular flexibility index (Phi) is 11.2. The van der Waals surface area contributed by atoms with E-state index in [4.69, 9.17) is 4.74 Å². The molecule has 24 heavy (non-hydrogen) atoms. The summed E-state index contributed by atoms with van der Waals surface area (Å²) in [5, 5.41) is 0. The first kappa shape index (κ1) is 20.7. The Bertz CT molecular complexity index is 392. The summed E-state index contributed by atoms with van der Waals surface area (Å²) in [6, 6.07) is 0. The van der Waals surface area contributed by atoms with Gasteiger partial charge in [-0.2, -0.15) is 0 Å². The molecule has 0 aromatic carbocycles. The highest BCUT2D eigenvalue weighted by molar-refractivity contribution is 5.84. The average molecular weight is 338 g/mol. The smallest absolute Gasteiger partial charge is 0.327 e. The number of esters is 1. The summed E-state index contributed by atoms with van der Waals surface area (Å²) in [7, 11) is 0. The standard InChI is InChI=1S/C20H35NO3/c1-3-5-7-9-10-12-14-16-19-21(17-20(23)24-19)18(22)15-13-11-8-6-4-2/h10,12,19H,3-9,11,13-17H2,1-2H3/b12-10+. The van der Waals surface area contributed by atoms with E-state index in [0.29, 0.717) is 12.8 Å². The topological polar surface area (TPSA) is 46.6 Å². The third kappa shape index (κ3) is 8.51. The van der Waals surface area contributed by atoms with Gasteiger partial charge in [-0.05, 0) is 25.7 Å². The normalized spacial score (nSPS) is 17.7. The van der Waals surface area contributed by atoms with Gasteiger partial charge in [0.15, 0.2) is 6.23 Å². The minimum atomic E-state index is -0.360. The molecule has 138 valence electrons. The Balaban J connectivity index is 2.26. The molecule has 1 atom stereocenters. The summed E-state index contributed by atoms with van der Waals surface area (Å²) < 4.78 is 5.32. The molecule has 0 bridgehead atoms. The number of hydrogen-bond acceptors (Lipinski definition) is 3. The fourth-order valence-electron chi connectivity index (χ4n) is 2.97. The lowest BCUT2D eigenvalue weighted by atomic mass is 10.1. The molecule has 0 radical (unpaired) electrons. The molecule has 0 spiro atoms. The number of carbonyl (C=O) groups is 2. The molecule has 1 aliphatic heterocycles. The lowest BCUT2D eigenvalue weighted by Crippen LogP contribution is -2.36. The Labute approximate surface area is 147 Å². The van der Waals surface area contributed by atoms with Gasteiger partial charge in [0.25, 0.3) is 0 Å². The van der Waals surface area contributed by atoms with Crippen molar-refractivity contribution in [1.82, 2.24) is 4.90 Å². The highest BCUT2D eigenvalue weighted by Gasteiger charge is 2.34. The van der Waals surface area contributed by atoms with Crippen LogP contribution in [0.1, 0.15) is 90.9 Å². The number of allylic oxidation sites excluding steroid dienone is 2. The Morgan fingerprint density at radius 1 is 1.04 bits per heavy atom. The van der Waals surface area contributed by atoms with Crippen LogP contribution in [0, 0.1) is 0 Å². The molecule has 0 aromatic heterocycles. The number of carbonyl (C=O) groups excluding carboxylic acids is 2. The van der Waals surface area contributed by atoms with E-state index in [-0.39, 0.29) is 24.6 Å². The van der Waals surface area contributed by atoms with Crippen molar-refractivity contribution >= 4 is 11.9 Å². The molecule has 0 aromatic rings. The van der Waals surface area contributed by atoms with Gasteiger partial charge in [-0.3, -0.25) is 14.5 Å². The van der Waals surface area contributed by atoms with Gasteiger partial charge in [0.05, 0.1) is 0 Å². The maximum absolute atomic E-state index is 12.3. The van der Waals surface area contributed by atoms with Crippen LogP contribution in [0.2, 0.25) is 0 Å². The fourth-order valence-corrected chi connectivity index (χ4v) is 2.97. The predicted octanol–water partition coefficient (Wildman–Crippen LogP) is 4.98. The first-order valence-corrected chi connectivity index (χ1v) is 9.83. The number of hydrogen-bond donors (Lipinski definition) is 0. The van der Waals surface area contributed by atoms with Crippen LogP contribution >= 0.6 is 0 Å². The van der Waals surface area contributed by atoms with Gasteiger partial charge in [0.1, 0.15) is 6.54 Å². The first-order valence-electron chi connectivity index (χ1n) is 9.83. The van der Waals surface area contributed by atoms with Gasteiger partial charge in [-0.15, -0.1) is 0 Å². The fraction of sp³-hybridized carbons (Fsp3) is 0.800. The van der Waals surface area contributed by atoms with E-state index in [9.17, 15) is 9.59 Å². The molecule has 1 fully saturated rings. The van der Waals surface area contributed by atoms with E-state index >= 15 is 0 Å². The van der Waals surface area contributed by atoms with E-state index in [0.717, 1.165) is 25.7 Å². The molecule has 1 saturated heterocycles. The van der Waals surface area contributed by atoms with E-state index in [1.54, 1.807) is 4.90 Å². The van der Waals surface area contributed by atoms with Crippen LogP contribution in [0.15, 0.2) is 12.2 Å². The van der Waals surface area contributed by atoms with Crippen molar-refractivity contribution < 1.29 is 14.3 Å². The highest BCUT2D eigenvalue weighted by atomic mass is 16.6. The Morgan fingerprint density at radius 2 is 1.71 bits per heavy atom. The van der Waals surface area contributed by atoms with Crippen LogP contribution in [0.3, 0.4) is 0 Å². The summed E-state index contributed by atoms with van der Waals surface area (Å²) >= 11 is 0. The minimum absolute atomic E-state index is 0.0641. The van der Waals surface area contributed by atoms with Gasteiger partial charge in [0.2, 0.25) is 5.91 Å². The summed E-state index contributed by atoms with van der Waals surface area (Å²) in [4.78, 5) is 25.5. The van der Waals surface area contributed by atoms with Crippen LogP contribution in [0.4, 0.5) is 0 Å². The number of nitrogens with zero attached hydrogens (tertiary/aromatic N) is 1. The number of ether oxygens (including phenoxy) is 1. The van der Waals surface area contributed by atoms with E-state index in [1.807, 2.05) is 0 Å². The van der Waals surface area contributed by atoms with E-state index in [2.05, 4.69) is 26.0 Å². The molecular formula is C20H35NO3. The zero-order chi connectivity index (χ0) is 17.6. The molecule has 1 aliphatic rings. The maximum atomic E-state index is 12.3. The summed E-state index contributed by atoms with van der Waals surface area (Å²) in [5.41, 5.74) is 0. The second-order valence-corrected chi connectivity index (χ2v) is 6.67. The molecule has 1 rings (SSSR count). The molecule has 0 N–H and O–H groups in total. The van der Waals surface area contributed by atoms with Gasteiger partial charge < -0.3 is 4.74 Å².